The van der Waals surface area contributed by atoms with Gasteiger partial charge in [-0.15, -0.1) is 0 Å². The molecule has 1 aliphatic rings. The van der Waals surface area contributed by atoms with Crippen molar-refractivity contribution in [3.8, 4) is 0 Å². The van der Waals surface area contributed by atoms with Crippen molar-refractivity contribution in [2.45, 2.75) is 38.1 Å². The van der Waals surface area contributed by atoms with Crippen LogP contribution in [0.15, 0.2) is 30.3 Å². The number of benzene rings is 1. The lowest BCUT2D eigenvalue weighted by Gasteiger charge is -2.31. The van der Waals surface area contributed by atoms with Gasteiger partial charge in [-0.1, -0.05) is 37.5 Å². The van der Waals surface area contributed by atoms with Crippen molar-refractivity contribution in [1.29, 1.82) is 0 Å². The number of H-pyrrole nitrogens is 1. The lowest BCUT2D eigenvalue weighted by atomic mass is 9.95. The maximum atomic E-state index is 11.8. The fraction of sp³-hybridized carbons (Fsp3) is 0.429. The highest BCUT2D eigenvalue weighted by Gasteiger charge is 2.31. The Kier molecular flexibility index (Phi) is 3.43. The summed E-state index contributed by atoms with van der Waals surface area (Å²) in [6.45, 7) is 0. The standard InChI is InChI=1S/C14H18N2O3S/c17-20(18,19)16(12-7-2-1-3-8-12)14-10-11-6-4-5-9-13(11)15-14/h4-6,9-10,12,15H,1-3,7-8H2,(H,17,18,19). The molecule has 0 bridgehead atoms. The van der Waals surface area contributed by atoms with Gasteiger partial charge in [0.15, 0.2) is 0 Å². The van der Waals surface area contributed by atoms with Crippen LogP contribution in [0.4, 0.5) is 5.82 Å². The molecular weight excluding hydrogens is 276 g/mol. The molecule has 6 heteroatoms. The van der Waals surface area contributed by atoms with Crippen LogP contribution in [0.2, 0.25) is 0 Å². The maximum Gasteiger partial charge on any atom is 0.361 e. The van der Waals surface area contributed by atoms with E-state index < -0.39 is 10.3 Å². The predicted molar refractivity (Wildman–Crippen MR) is 79.2 cm³/mol. The minimum Gasteiger partial charge on any atom is -0.341 e. The van der Waals surface area contributed by atoms with Crippen LogP contribution in [0.3, 0.4) is 0 Å². The summed E-state index contributed by atoms with van der Waals surface area (Å²) in [4.78, 5) is 3.09. The second-order valence-corrected chi connectivity index (χ2v) is 6.60. The molecule has 1 fully saturated rings. The van der Waals surface area contributed by atoms with Crippen LogP contribution in [0.25, 0.3) is 10.9 Å². The van der Waals surface area contributed by atoms with Gasteiger partial charge in [-0.2, -0.15) is 8.42 Å². The lowest BCUT2D eigenvalue weighted by Crippen LogP contribution is -2.41. The first-order valence-corrected chi connectivity index (χ1v) is 8.30. The van der Waals surface area contributed by atoms with Crippen molar-refractivity contribution in [2.24, 2.45) is 0 Å². The Labute approximate surface area is 118 Å². The number of nitrogens with zero attached hydrogens (tertiary/aromatic N) is 1. The van der Waals surface area contributed by atoms with Crippen molar-refractivity contribution in [1.82, 2.24) is 4.98 Å². The summed E-state index contributed by atoms with van der Waals surface area (Å²) in [5, 5.41) is 0.937. The summed E-state index contributed by atoms with van der Waals surface area (Å²) in [7, 11) is -4.26. The van der Waals surface area contributed by atoms with Crippen molar-refractivity contribution in [3.05, 3.63) is 30.3 Å². The molecule has 20 heavy (non-hydrogen) atoms. The van der Waals surface area contributed by atoms with Gasteiger partial charge in [-0.3, -0.25) is 4.55 Å². The van der Waals surface area contributed by atoms with E-state index in [4.69, 9.17) is 0 Å². The van der Waals surface area contributed by atoms with Gasteiger partial charge in [0.2, 0.25) is 0 Å². The SMILES string of the molecule is O=S(=O)(O)N(c1cc2ccccc2[nH]1)C1CCCCC1. The first-order chi connectivity index (χ1) is 9.55. The normalized spacial score (nSPS) is 17.4. The molecule has 108 valence electrons. The Morgan fingerprint density at radius 2 is 1.85 bits per heavy atom. The number of anilines is 1. The van der Waals surface area contributed by atoms with E-state index in [-0.39, 0.29) is 6.04 Å². The molecule has 0 saturated heterocycles. The van der Waals surface area contributed by atoms with Crippen LogP contribution in [-0.4, -0.2) is 24.0 Å². The zero-order valence-corrected chi connectivity index (χ0v) is 11.9. The maximum absolute atomic E-state index is 11.8. The van der Waals surface area contributed by atoms with Crippen LogP contribution in [-0.2, 0) is 10.3 Å². The topological polar surface area (TPSA) is 73.4 Å². The van der Waals surface area contributed by atoms with Crippen LogP contribution >= 0.6 is 0 Å². The Morgan fingerprint density at radius 1 is 1.15 bits per heavy atom. The quantitative estimate of drug-likeness (QED) is 0.854. The zero-order valence-electron chi connectivity index (χ0n) is 11.1. The first kappa shape index (κ1) is 13.5. The smallest absolute Gasteiger partial charge is 0.341 e. The fourth-order valence-electron chi connectivity index (χ4n) is 3.00. The number of rotatable bonds is 3. The monoisotopic (exact) mass is 294 g/mol. The largest absolute Gasteiger partial charge is 0.361 e. The van der Waals surface area contributed by atoms with Gasteiger partial charge in [0.25, 0.3) is 0 Å². The molecule has 1 aliphatic carbocycles. The second kappa shape index (κ2) is 5.10. The summed E-state index contributed by atoms with van der Waals surface area (Å²) < 4.78 is 34.3. The molecule has 0 amide bonds. The van der Waals surface area contributed by atoms with Crippen molar-refractivity contribution >= 4 is 27.0 Å². The molecule has 5 nitrogen and oxygen atoms in total. The minimum absolute atomic E-state index is 0.160. The molecule has 1 aromatic heterocycles. The van der Waals surface area contributed by atoms with Crippen molar-refractivity contribution in [2.75, 3.05) is 4.31 Å². The molecule has 1 saturated carbocycles. The molecule has 0 radical (unpaired) electrons. The number of hydrogen-bond acceptors (Lipinski definition) is 2. The third kappa shape index (κ3) is 2.53. The summed E-state index contributed by atoms with van der Waals surface area (Å²) in [6, 6.07) is 9.21. The fourth-order valence-corrected chi connectivity index (χ4v) is 3.94. The van der Waals surface area contributed by atoms with Crippen molar-refractivity contribution in [3.63, 3.8) is 0 Å². The van der Waals surface area contributed by atoms with Crippen LogP contribution in [0.5, 0.6) is 0 Å². The number of para-hydroxylation sites is 1. The van der Waals surface area contributed by atoms with Crippen LogP contribution in [0.1, 0.15) is 32.1 Å². The van der Waals surface area contributed by atoms with E-state index >= 15 is 0 Å². The van der Waals surface area contributed by atoms with Gasteiger partial charge in [-0.05, 0) is 25.0 Å². The molecular formula is C14H18N2O3S. The van der Waals surface area contributed by atoms with Crippen LogP contribution < -0.4 is 4.31 Å². The molecule has 3 rings (SSSR count). The number of fused-ring (bicyclic) bond motifs is 1. The Balaban J connectivity index is 2.04. The molecule has 1 heterocycles. The second-order valence-electron chi connectivity index (χ2n) is 5.31. The third-order valence-corrected chi connectivity index (χ3v) is 4.90. The summed E-state index contributed by atoms with van der Waals surface area (Å²) in [6.07, 6.45) is 4.70. The summed E-state index contributed by atoms with van der Waals surface area (Å²) in [5.74, 6) is 0.445. The number of nitrogens with one attached hydrogen (secondary N) is 1. The number of aromatic amines is 1. The third-order valence-electron chi connectivity index (χ3n) is 3.91. The van der Waals surface area contributed by atoms with Gasteiger partial charge >= 0.3 is 10.3 Å². The predicted octanol–water partition coefficient (Wildman–Crippen LogP) is 3.11. The lowest BCUT2D eigenvalue weighted by molar-refractivity contribution is 0.415. The van der Waals surface area contributed by atoms with Crippen LogP contribution in [0, 0.1) is 0 Å². The van der Waals surface area contributed by atoms with E-state index in [0.29, 0.717) is 5.82 Å². The Bertz CT molecular complexity index is 669. The highest BCUT2D eigenvalue weighted by atomic mass is 32.2. The Morgan fingerprint density at radius 3 is 2.50 bits per heavy atom. The summed E-state index contributed by atoms with van der Waals surface area (Å²) >= 11 is 0. The molecule has 0 spiro atoms. The van der Waals surface area contributed by atoms with Crippen molar-refractivity contribution < 1.29 is 13.0 Å². The first-order valence-electron chi connectivity index (χ1n) is 6.90. The highest BCUT2D eigenvalue weighted by molar-refractivity contribution is 7.87. The van der Waals surface area contributed by atoms with Gasteiger partial charge < -0.3 is 4.98 Å². The van der Waals surface area contributed by atoms with Gasteiger partial charge in [-0.25, -0.2) is 4.31 Å². The average Bonchev–Trinajstić information content (AvgIpc) is 2.81. The molecule has 1 aromatic carbocycles. The van der Waals surface area contributed by atoms with Gasteiger partial charge in [0.05, 0.1) is 0 Å². The molecule has 0 aliphatic heterocycles. The van der Waals surface area contributed by atoms with E-state index in [0.717, 1.165) is 47.3 Å². The van der Waals surface area contributed by atoms with E-state index in [1.807, 2.05) is 24.3 Å². The zero-order chi connectivity index (χ0) is 14.2. The number of aromatic nitrogens is 1. The number of hydrogen-bond donors (Lipinski definition) is 2. The van der Waals surface area contributed by atoms with Gasteiger partial charge in [0, 0.05) is 16.9 Å². The van der Waals surface area contributed by atoms with E-state index in [2.05, 4.69) is 4.98 Å². The Hall–Kier alpha value is -1.53. The average molecular weight is 294 g/mol. The minimum atomic E-state index is -4.26. The van der Waals surface area contributed by atoms with E-state index in [1.54, 1.807) is 6.07 Å². The summed E-state index contributed by atoms with van der Waals surface area (Å²) in [5.41, 5.74) is 0.868. The van der Waals surface area contributed by atoms with E-state index in [1.165, 1.54) is 0 Å². The molecule has 0 unspecified atom stereocenters. The van der Waals surface area contributed by atoms with Gasteiger partial charge in [0.1, 0.15) is 5.82 Å². The molecule has 2 N–H and O–H groups in total. The molecule has 0 atom stereocenters. The van der Waals surface area contributed by atoms with E-state index in [9.17, 15) is 13.0 Å². The highest BCUT2D eigenvalue weighted by Crippen LogP contribution is 2.31. The molecule has 2 aromatic rings.